The molecule has 0 bridgehead atoms. The van der Waals surface area contributed by atoms with Crippen LogP contribution in [0.5, 0.6) is 11.5 Å². The van der Waals surface area contributed by atoms with Crippen LogP contribution in [0.4, 0.5) is 5.69 Å². The smallest absolute Gasteiger partial charge is 0.264 e. The summed E-state index contributed by atoms with van der Waals surface area (Å²) < 4.78 is 40.7. The molecule has 242 valence electrons. The average molecular weight is 701 g/mol. The summed E-state index contributed by atoms with van der Waals surface area (Å²) in [6, 6.07) is 18.0. The molecule has 4 rings (SSSR count). The summed E-state index contributed by atoms with van der Waals surface area (Å²) >= 11 is 3.38. The Hall–Kier alpha value is -3.57. The maximum Gasteiger partial charge on any atom is 0.264 e. The van der Waals surface area contributed by atoms with Crippen molar-refractivity contribution in [3.05, 3.63) is 82.3 Å². The van der Waals surface area contributed by atoms with E-state index < -0.39 is 28.5 Å². The van der Waals surface area contributed by atoms with Crippen LogP contribution in [-0.4, -0.2) is 58.0 Å². The second-order valence-corrected chi connectivity index (χ2v) is 14.0. The highest BCUT2D eigenvalue weighted by Crippen LogP contribution is 2.31. The van der Waals surface area contributed by atoms with E-state index >= 15 is 0 Å². The lowest BCUT2D eigenvalue weighted by Gasteiger charge is -2.34. The summed E-state index contributed by atoms with van der Waals surface area (Å²) in [5.74, 6) is 0.365. The first-order chi connectivity index (χ1) is 21.6. The Morgan fingerprint density at radius 1 is 0.978 bits per heavy atom. The first-order valence-electron chi connectivity index (χ1n) is 15.2. The Kier molecular flexibility index (Phi) is 11.9. The van der Waals surface area contributed by atoms with Gasteiger partial charge in [0.05, 0.1) is 29.3 Å². The van der Waals surface area contributed by atoms with Crippen molar-refractivity contribution in [1.29, 1.82) is 0 Å². The fourth-order valence-electron chi connectivity index (χ4n) is 5.61. The van der Waals surface area contributed by atoms with Gasteiger partial charge in [0.25, 0.3) is 10.0 Å². The summed E-state index contributed by atoms with van der Waals surface area (Å²) in [5, 5.41) is 3.17. The maximum atomic E-state index is 14.4. The standard InChI is InChI=1S/C34H42BrN3O6S/c1-5-31(34(40)36-26-11-7-6-8-12-26)37(22-25-10-9-13-28(20-25)43-3)33(39)23-38(27-16-14-24(2)15-17-27)45(41,42)29-18-19-32(44-4)30(35)21-29/h9-10,13-21,26,31H,5-8,11-12,22-23H2,1-4H3,(H,36,40)/t31-/m0/s1. The van der Waals surface area contributed by atoms with E-state index in [1.54, 1.807) is 43.5 Å². The Labute approximate surface area is 275 Å². The van der Waals surface area contributed by atoms with E-state index in [-0.39, 0.29) is 23.4 Å². The number of anilines is 1. The summed E-state index contributed by atoms with van der Waals surface area (Å²) in [4.78, 5) is 29.6. The molecule has 1 aliphatic rings. The monoisotopic (exact) mass is 699 g/mol. The van der Waals surface area contributed by atoms with E-state index in [0.717, 1.165) is 47.5 Å². The Morgan fingerprint density at radius 2 is 1.69 bits per heavy atom. The van der Waals surface area contributed by atoms with Gasteiger partial charge >= 0.3 is 0 Å². The molecule has 1 atom stereocenters. The number of nitrogens with zero attached hydrogens (tertiary/aromatic N) is 2. The van der Waals surface area contributed by atoms with Crippen LogP contribution < -0.4 is 19.1 Å². The van der Waals surface area contributed by atoms with Crippen LogP contribution in [0.2, 0.25) is 0 Å². The highest BCUT2D eigenvalue weighted by Gasteiger charge is 2.34. The van der Waals surface area contributed by atoms with Gasteiger partial charge < -0.3 is 19.7 Å². The van der Waals surface area contributed by atoms with Crippen LogP contribution in [0, 0.1) is 6.92 Å². The molecule has 1 saturated carbocycles. The van der Waals surface area contributed by atoms with E-state index in [4.69, 9.17) is 9.47 Å². The minimum atomic E-state index is -4.22. The van der Waals surface area contributed by atoms with Gasteiger partial charge in [-0.2, -0.15) is 0 Å². The van der Waals surface area contributed by atoms with Crippen molar-refractivity contribution in [2.45, 2.75) is 75.9 Å². The molecular formula is C34H42BrN3O6S. The third kappa shape index (κ3) is 8.58. The molecule has 3 aromatic rings. The Morgan fingerprint density at radius 3 is 2.31 bits per heavy atom. The van der Waals surface area contributed by atoms with Crippen LogP contribution in [0.3, 0.4) is 0 Å². The number of hydrogen-bond donors (Lipinski definition) is 1. The molecule has 11 heteroatoms. The highest BCUT2D eigenvalue weighted by molar-refractivity contribution is 9.10. The second-order valence-electron chi connectivity index (χ2n) is 11.3. The van der Waals surface area contributed by atoms with Gasteiger partial charge in [0, 0.05) is 12.6 Å². The van der Waals surface area contributed by atoms with Crippen molar-refractivity contribution >= 4 is 43.5 Å². The van der Waals surface area contributed by atoms with Gasteiger partial charge in [0.2, 0.25) is 11.8 Å². The second kappa shape index (κ2) is 15.6. The van der Waals surface area contributed by atoms with Crippen LogP contribution in [0.1, 0.15) is 56.6 Å². The molecule has 0 unspecified atom stereocenters. The molecule has 0 aromatic heterocycles. The molecule has 0 saturated heterocycles. The normalized spacial score (nSPS) is 14.3. The zero-order chi connectivity index (χ0) is 32.6. The molecule has 1 N–H and O–H groups in total. The number of rotatable bonds is 13. The van der Waals surface area contributed by atoms with Gasteiger partial charge in [-0.1, -0.05) is 56.0 Å². The van der Waals surface area contributed by atoms with Crippen molar-refractivity contribution in [3.8, 4) is 11.5 Å². The lowest BCUT2D eigenvalue weighted by atomic mass is 9.95. The number of benzene rings is 3. The fourth-order valence-corrected chi connectivity index (χ4v) is 7.74. The summed E-state index contributed by atoms with van der Waals surface area (Å²) in [6.45, 7) is 3.36. The van der Waals surface area contributed by atoms with Crippen molar-refractivity contribution in [1.82, 2.24) is 10.2 Å². The lowest BCUT2D eigenvalue weighted by molar-refractivity contribution is -0.140. The molecule has 0 spiro atoms. The number of amides is 2. The van der Waals surface area contributed by atoms with Crippen LogP contribution in [-0.2, 0) is 26.2 Å². The number of hydrogen-bond acceptors (Lipinski definition) is 6. The number of sulfonamides is 1. The van der Waals surface area contributed by atoms with Gasteiger partial charge in [-0.25, -0.2) is 8.42 Å². The first-order valence-corrected chi connectivity index (χ1v) is 17.5. The number of methoxy groups -OCH3 is 2. The molecule has 45 heavy (non-hydrogen) atoms. The van der Waals surface area contributed by atoms with Crippen molar-refractivity contribution in [3.63, 3.8) is 0 Å². The van der Waals surface area contributed by atoms with E-state index in [0.29, 0.717) is 28.1 Å². The number of carbonyl (C=O) groups is 2. The molecule has 2 amide bonds. The molecule has 1 fully saturated rings. The van der Waals surface area contributed by atoms with Crippen LogP contribution >= 0.6 is 15.9 Å². The molecule has 1 aliphatic carbocycles. The summed E-state index contributed by atoms with van der Waals surface area (Å²) in [5.41, 5.74) is 2.04. The Bertz CT molecular complexity index is 1570. The van der Waals surface area contributed by atoms with Crippen molar-refractivity contribution in [2.24, 2.45) is 0 Å². The van der Waals surface area contributed by atoms with Crippen LogP contribution in [0.15, 0.2) is 76.1 Å². The number of ether oxygens (including phenoxy) is 2. The minimum Gasteiger partial charge on any atom is -0.497 e. The van der Waals surface area contributed by atoms with Gasteiger partial charge in [0.1, 0.15) is 24.1 Å². The number of aryl methyl sites for hydroxylation is 1. The van der Waals surface area contributed by atoms with Crippen molar-refractivity contribution < 1.29 is 27.5 Å². The number of carbonyl (C=O) groups excluding carboxylic acids is 2. The highest BCUT2D eigenvalue weighted by atomic mass is 79.9. The van der Waals surface area contributed by atoms with Crippen LogP contribution in [0.25, 0.3) is 0 Å². The van der Waals surface area contributed by atoms with E-state index in [2.05, 4.69) is 21.2 Å². The van der Waals surface area contributed by atoms with E-state index in [1.165, 1.54) is 24.1 Å². The number of halogens is 1. The quantitative estimate of drug-likeness (QED) is 0.227. The molecule has 3 aromatic carbocycles. The topological polar surface area (TPSA) is 105 Å². The zero-order valence-corrected chi connectivity index (χ0v) is 28.7. The summed E-state index contributed by atoms with van der Waals surface area (Å²) in [6.07, 6.45) is 5.43. The zero-order valence-electron chi connectivity index (χ0n) is 26.3. The van der Waals surface area contributed by atoms with Gasteiger partial charge in [-0.05, 0) is 90.1 Å². The van der Waals surface area contributed by atoms with Gasteiger partial charge in [-0.15, -0.1) is 0 Å². The summed E-state index contributed by atoms with van der Waals surface area (Å²) in [7, 11) is -1.16. The maximum absolute atomic E-state index is 14.4. The average Bonchev–Trinajstić information content (AvgIpc) is 3.04. The van der Waals surface area contributed by atoms with E-state index in [9.17, 15) is 18.0 Å². The predicted octanol–water partition coefficient (Wildman–Crippen LogP) is 6.23. The predicted molar refractivity (Wildman–Crippen MR) is 179 cm³/mol. The molecule has 0 heterocycles. The van der Waals surface area contributed by atoms with Crippen molar-refractivity contribution in [2.75, 3.05) is 25.1 Å². The first kappa shape index (κ1) is 34.3. The minimum absolute atomic E-state index is 0.00928. The van der Waals surface area contributed by atoms with E-state index in [1.807, 2.05) is 32.0 Å². The SMILES string of the molecule is CC[C@@H](C(=O)NC1CCCCC1)N(Cc1cccc(OC)c1)C(=O)CN(c1ccc(C)cc1)S(=O)(=O)c1ccc(OC)c(Br)c1. The lowest BCUT2D eigenvalue weighted by Crippen LogP contribution is -2.54. The molecule has 9 nitrogen and oxygen atoms in total. The van der Waals surface area contributed by atoms with Gasteiger partial charge in [0.15, 0.2) is 0 Å². The molecular weight excluding hydrogens is 658 g/mol. The fraction of sp³-hybridized carbons (Fsp3) is 0.412. The largest absolute Gasteiger partial charge is 0.497 e. The molecule has 0 radical (unpaired) electrons. The third-order valence-electron chi connectivity index (χ3n) is 8.14. The Balaban J connectivity index is 1.73. The number of nitrogens with one attached hydrogen (secondary N) is 1. The molecule has 0 aliphatic heterocycles. The third-order valence-corrected chi connectivity index (χ3v) is 10.5. The van der Waals surface area contributed by atoms with Gasteiger partial charge in [-0.3, -0.25) is 13.9 Å².